The molecular formula is C30H26F4N6O2S. The van der Waals surface area contributed by atoms with E-state index in [1.165, 1.54) is 36.4 Å². The Morgan fingerprint density at radius 1 is 1.07 bits per heavy atom. The minimum atomic E-state index is -4.87. The fraction of sp³-hybridized carbons (Fsp3) is 0.200. The first-order chi connectivity index (χ1) is 20.5. The normalized spacial score (nSPS) is 13.8. The molecule has 0 aliphatic heterocycles. The molecule has 5 rings (SSSR count). The van der Waals surface area contributed by atoms with Gasteiger partial charge in [-0.25, -0.2) is 9.07 Å². The number of nitrogens with zero attached hydrogens (tertiary/aromatic N) is 2. The third-order valence-corrected chi connectivity index (χ3v) is 6.88. The predicted octanol–water partition coefficient (Wildman–Crippen LogP) is 5.96. The van der Waals surface area contributed by atoms with Crippen LogP contribution in [0.5, 0.6) is 0 Å². The van der Waals surface area contributed by atoms with Crippen molar-refractivity contribution in [1.29, 1.82) is 5.41 Å². The van der Waals surface area contributed by atoms with Gasteiger partial charge < -0.3 is 21.1 Å². The topological polar surface area (TPSA) is 118 Å². The predicted molar refractivity (Wildman–Crippen MR) is 157 cm³/mol. The van der Waals surface area contributed by atoms with Gasteiger partial charge in [-0.15, -0.1) is 0 Å². The van der Waals surface area contributed by atoms with Crippen LogP contribution in [0.1, 0.15) is 51.8 Å². The maximum atomic E-state index is 15.0. The van der Waals surface area contributed by atoms with Crippen molar-refractivity contribution < 1.29 is 27.1 Å². The van der Waals surface area contributed by atoms with E-state index in [1.54, 1.807) is 6.07 Å². The van der Waals surface area contributed by atoms with Crippen molar-refractivity contribution in [2.24, 2.45) is 11.7 Å². The van der Waals surface area contributed by atoms with Gasteiger partial charge in [-0.1, -0.05) is 42.5 Å². The Hall–Kier alpha value is -4.62. The van der Waals surface area contributed by atoms with Crippen LogP contribution in [-0.4, -0.2) is 33.3 Å². The number of thiocarbonyl (C=S) groups is 1. The number of benzene rings is 3. The average Bonchev–Trinajstić information content (AvgIpc) is 3.68. The summed E-state index contributed by atoms with van der Waals surface area (Å²) in [6.07, 6.45) is -2.62. The Morgan fingerprint density at radius 2 is 1.81 bits per heavy atom. The molecule has 1 aliphatic rings. The molecule has 1 aromatic heterocycles. The molecule has 1 saturated carbocycles. The monoisotopic (exact) mass is 610 g/mol. The molecule has 1 unspecified atom stereocenters. The largest absolute Gasteiger partial charge is 0.435 e. The Morgan fingerprint density at radius 3 is 2.49 bits per heavy atom. The van der Waals surface area contributed by atoms with E-state index in [9.17, 15) is 18.0 Å². The summed E-state index contributed by atoms with van der Waals surface area (Å²) in [4.78, 5) is 13.4. The van der Waals surface area contributed by atoms with E-state index >= 15 is 4.39 Å². The average molecular weight is 611 g/mol. The highest BCUT2D eigenvalue weighted by Crippen LogP contribution is 2.32. The summed E-state index contributed by atoms with van der Waals surface area (Å²) < 4.78 is 61.7. The quantitative estimate of drug-likeness (QED) is 0.0805. The summed E-state index contributed by atoms with van der Waals surface area (Å²) in [5.74, 6) is -1.68. The molecular weight excluding hydrogens is 584 g/mol. The fourth-order valence-electron chi connectivity index (χ4n) is 4.50. The van der Waals surface area contributed by atoms with E-state index < -0.39 is 40.4 Å². The zero-order valence-electron chi connectivity index (χ0n) is 22.5. The first kappa shape index (κ1) is 29.9. The maximum Gasteiger partial charge on any atom is 0.435 e. The molecule has 1 aliphatic carbocycles. The van der Waals surface area contributed by atoms with Gasteiger partial charge in [0.15, 0.2) is 5.69 Å². The van der Waals surface area contributed by atoms with Gasteiger partial charge in [0.2, 0.25) is 5.90 Å². The molecule has 222 valence electrons. The van der Waals surface area contributed by atoms with Crippen LogP contribution in [0.15, 0.2) is 78.9 Å². The highest BCUT2D eigenvalue weighted by atomic mass is 32.1. The number of anilines is 1. The van der Waals surface area contributed by atoms with E-state index in [2.05, 4.69) is 28.0 Å². The summed E-state index contributed by atoms with van der Waals surface area (Å²) in [6, 6.07) is 19.6. The van der Waals surface area contributed by atoms with Crippen molar-refractivity contribution in [3.63, 3.8) is 0 Å². The van der Waals surface area contributed by atoms with E-state index in [-0.39, 0.29) is 23.0 Å². The van der Waals surface area contributed by atoms with Crippen LogP contribution in [0.25, 0.3) is 5.69 Å². The summed E-state index contributed by atoms with van der Waals surface area (Å²) >= 11 is 4.64. The maximum absolute atomic E-state index is 15.0. The summed E-state index contributed by atoms with van der Waals surface area (Å²) in [5, 5.41) is 17.1. The number of rotatable bonds is 9. The number of amides is 1. The summed E-state index contributed by atoms with van der Waals surface area (Å²) in [5.41, 5.74) is 4.99. The van der Waals surface area contributed by atoms with E-state index in [4.69, 9.17) is 15.9 Å². The lowest BCUT2D eigenvalue weighted by atomic mass is 9.97. The number of hydrogen-bond donors (Lipinski definition) is 4. The first-order valence-electron chi connectivity index (χ1n) is 13.2. The third kappa shape index (κ3) is 7.24. The van der Waals surface area contributed by atoms with Gasteiger partial charge >= 0.3 is 6.18 Å². The van der Waals surface area contributed by atoms with Gasteiger partial charge in [0, 0.05) is 11.6 Å². The van der Waals surface area contributed by atoms with Crippen LogP contribution >= 0.6 is 12.2 Å². The molecule has 5 N–H and O–H groups in total. The van der Waals surface area contributed by atoms with Crippen molar-refractivity contribution in [3.05, 3.63) is 113 Å². The second kappa shape index (κ2) is 12.3. The number of nitrogens with one attached hydrogen (secondary N) is 3. The van der Waals surface area contributed by atoms with Crippen molar-refractivity contribution in [3.8, 4) is 5.69 Å². The zero-order chi connectivity index (χ0) is 30.7. The smallest absolute Gasteiger partial charge is 0.413 e. The lowest BCUT2D eigenvalue weighted by molar-refractivity contribution is -0.141. The Bertz CT molecular complexity index is 1670. The SMILES string of the molecule is N=C(OC(N)=S)c1cccc(-n2nc(C(F)(F)F)cc2C(=O)Nc2cc(C(NCC3CC3)c3ccccc3)ccc2F)c1. The summed E-state index contributed by atoms with van der Waals surface area (Å²) in [7, 11) is 0. The van der Waals surface area contributed by atoms with Gasteiger partial charge in [0.25, 0.3) is 11.1 Å². The number of hydrogen-bond acceptors (Lipinski definition) is 6. The Labute approximate surface area is 249 Å². The number of carbonyl (C=O) groups is 1. The minimum absolute atomic E-state index is 0.0112. The Balaban J connectivity index is 1.48. The second-order valence-electron chi connectivity index (χ2n) is 10.0. The molecule has 3 aromatic carbocycles. The van der Waals surface area contributed by atoms with Crippen molar-refractivity contribution in [1.82, 2.24) is 15.1 Å². The highest BCUT2D eigenvalue weighted by molar-refractivity contribution is 7.80. The molecule has 4 aromatic rings. The molecule has 1 atom stereocenters. The zero-order valence-corrected chi connectivity index (χ0v) is 23.3. The number of alkyl halides is 3. The first-order valence-corrected chi connectivity index (χ1v) is 13.6. The van der Waals surface area contributed by atoms with Crippen LogP contribution < -0.4 is 16.4 Å². The van der Waals surface area contributed by atoms with Gasteiger partial charge in [-0.2, -0.15) is 18.3 Å². The second-order valence-corrected chi connectivity index (χ2v) is 10.4. The number of ether oxygens (including phenoxy) is 1. The fourth-order valence-corrected chi connectivity index (χ4v) is 4.58. The highest BCUT2D eigenvalue weighted by Gasteiger charge is 2.36. The molecule has 0 saturated heterocycles. The summed E-state index contributed by atoms with van der Waals surface area (Å²) in [6.45, 7) is 0.761. The van der Waals surface area contributed by atoms with Crippen LogP contribution in [0.2, 0.25) is 0 Å². The van der Waals surface area contributed by atoms with Crippen LogP contribution in [-0.2, 0) is 10.9 Å². The Kier molecular flexibility index (Phi) is 8.55. The third-order valence-electron chi connectivity index (χ3n) is 6.80. The molecule has 0 spiro atoms. The number of nitrogens with two attached hydrogens (primary N) is 1. The standard InChI is InChI=1S/C30H26F4N6O2S/c31-22-12-11-19(26(37-16-17-9-10-17)18-5-2-1-3-6-18)14-23(22)38-28(41)24-15-25(30(32,33)34)39-40(24)21-8-4-7-20(13-21)27(35)42-29(36)43/h1-8,11-15,17,26,35,37H,9-10,16H2,(H2,36,43)(H,38,41). The number of aromatic nitrogens is 2. The molecule has 1 amide bonds. The molecule has 8 nitrogen and oxygen atoms in total. The molecule has 1 fully saturated rings. The number of halogens is 4. The van der Waals surface area contributed by atoms with Gasteiger partial charge in [0.05, 0.1) is 17.4 Å². The molecule has 13 heteroatoms. The molecule has 0 radical (unpaired) electrons. The minimum Gasteiger partial charge on any atom is -0.413 e. The van der Waals surface area contributed by atoms with E-state index in [1.807, 2.05) is 30.3 Å². The van der Waals surface area contributed by atoms with Gasteiger partial charge in [-0.3, -0.25) is 10.2 Å². The van der Waals surface area contributed by atoms with Crippen LogP contribution in [0, 0.1) is 17.1 Å². The van der Waals surface area contributed by atoms with Crippen molar-refractivity contribution in [2.75, 3.05) is 11.9 Å². The molecule has 1 heterocycles. The van der Waals surface area contributed by atoms with Crippen molar-refractivity contribution in [2.45, 2.75) is 25.1 Å². The lowest BCUT2D eigenvalue weighted by Crippen LogP contribution is -2.25. The molecule has 0 bridgehead atoms. The van der Waals surface area contributed by atoms with Gasteiger partial charge in [0.1, 0.15) is 11.5 Å². The number of carbonyl (C=O) groups excluding carboxylic acids is 1. The van der Waals surface area contributed by atoms with Crippen LogP contribution in [0.3, 0.4) is 0 Å². The van der Waals surface area contributed by atoms with Gasteiger partial charge in [-0.05, 0) is 79.0 Å². The van der Waals surface area contributed by atoms with Crippen molar-refractivity contribution >= 4 is 34.9 Å². The van der Waals surface area contributed by atoms with E-state index in [0.29, 0.717) is 17.5 Å². The van der Waals surface area contributed by atoms with E-state index in [0.717, 1.165) is 29.6 Å². The molecule has 43 heavy (non-hydrogen) atoms. The lowest BCUT2D eigenvalue weighted by Gasteiger charge is -2.21. The van der Waals surface area contributed by atoms with Crippen LogP contribution in [0.4, 0.5) is 23.2 Å².